The summed E-state index contributed by atoms with van der Waals surface area (Å²) in [5.41, 5.74) is -0.942. The summed E-state index contributed by atoms with van der Waals surface area (Å²) < 4.78 is 45.2. The highest BCUT2D eigenvalue weighted by molar-refractivity contribution is 5.54. The van der Waals surface area contributed by atoms with E-state index in [4.69, 9.17) is 4.74 Å². The minimum Gasteiger partial charge on any atom is -0.490 e. The Labute approximate surface area is 146 Å². The number of para-hydroxylation sites is 1. The van der Waals surface area contributed by atoms with E-state index in [2.05, 4.69) is 4.98 Å². The van der Waals surface area contributed by atoms with E-state index < -0.39 is 35.1 Å². The number of aryl methyl sites for hydroxylation is 1. The first-order chi connectivity index (χ1) is 12.1. The number of alkyl halides is 3. The fourth-order valence-corrected chi connectivity index (χ4v) is 2.45. The molecule has 1 N–H and O–H groups in total. The highest BCUT2D eigenvalue weighted by atomic mass is 19.4. The summed E-state index contributed by atoms with van der Waals surface area (Å²) in [6.07, 6.45) is -4.50. The maximum absolute atomic E-state index is 12.9. The maximum Gasteiger partial charge on any atom is 0.419 e. The predicted molar refractivity (Wildman–Crippen MR) is 86.1 cm³/mol. The zero-order chi connectivity index (χ0) is 19.5. The summed E-state index contributed by atoms with van der Waals surface area (Å²) in [6.45, 7) is -0.516. The monoisotopic (exact) mass is 374 g/mol. The van der Waals surface area contributed by atoms with Gasteiger partial charge in [0, 0.05) is 20.6 Å². The van der Waals surface area contributed by atoms with Crippen LogP contribution in [-0.2, 0) is 13.2 Å². The van der Waals surface area contributed by atoms with Gasteiger partial charge in [-0.05, 0) is 22.0 Å². The summed E-state index contributed by atoms with van der Waals surface area (Å²) in [5, 5.41) is 21.0. The molecular weight excluding hydrogens is 357 g/mol. The van der Waals surface area contributed by atoms with Crippen LogP contribution in [0.1, 0.15) is 5.56 Å². The van der Waals surface area contributed by atoms with Crippen molar-refractivity contribution in [3.8, 4) is 5.75 Å². The Morgan fingerprint density at radius 3 is 2.69 bits per heavy atom. The van der Waals surface area contributed by atoms with E-state index in [1.54, 1.807) is 7.05 Å². The lowest BCUT2D eigenvalue weighted by molar-refractivity contribution is -0.388. The minimum atomic E-state index is -4.58. The number of anilines is 1. The number of hydrogen-bond acceptors (Lipinski definition) is 6. The first-order valence-electron chi connectivity index (χ1n) is 7.45. The Morgan fingerprint density at radius 2 is 2.08 bits per heavy atom. The Morgan fingerprint density at radius 1 is 1.42 bits per heavy atom. The second-order valence-corrected chi connectivity index (χ2v) is 5.60. The molecule has 1 heterocycles. The molecule has 1 atom stereocenters. The standard InChI is InChI=1S/C15H17F3N4O4/c1-20(14-13(22(24)25)19-9-21(14)2)7-10(23)8-26-12-6-4-3-5-11(12)15(16,17)18/h3-6,9-10,23H,7-8H2,1-2H3/t10-/m1/s1. The van der Waals surface area contributed by atoms with E-state index in [0.717, 1.165) is 12.1 Å². The Balaban J connectivity index is 2.03. The van der Waals surface area contributed by atoms with Crippen LogP contribution in [0.25, 0.3) is 0 Å². The van der Waals surface area contributed by atoms with E-state index in [0.29, 0.717) is 0 Å². The number of aromatic nitrogens is 2. The lowest BCUT2D eigenvalue weighted by Crippen LogP contribution is -2.34. The minimum absolute atomic E-state index is 0.103. The van der Waals surface area contributed by atoms with Crippen LogP contribution in [0.15, 0.2) is 30.6 Å². The molecule has 0 unspecified atom stereocenters. The van der Waals surface area contributed by atoms with E-state index in [-0.39, 0.29) is 18.2 Å². The number of ether oxygens (including phenoxy) is 1. The van der Waals surface area contributed by atoms with E-state index in [1.807, 2.05) is 0 Å². The molecule has 0 amide bonds. The zero-order valence-electron chi connectivity index (χ0n) is 14.0. The van der Waals surface area contributed by atoms with Crippen LogP contribution in [0.3, 0.4) is 0 Å². The summed E-state index contributed by atoms with van der Waals surface area (Å²) in [5.74, 6) is -0.622. The molecule has 2 rings (SSSR count). The highest BCUT2D eigenvalue weighted by Crippen LogP contribution is 2.36. The van der Waals surface area contributed by atoms with Gasteiger partial charge in [-0.25, -0.2) is 0 Å². The van der Waals surface area contributed by atoms with Crippen molar-refractivity contribution >= 4 is 11.6 Å². The predicted octanol–water partition coefficient (Wildman–Crippen LogP) is 2.22. The number of rotatable bonds is 7. The number of aliphatic hydroxyl groups is 1. The number of nitro groups is 1. The third-order valence-corrected chi connectivity index (χ3v) is 3.53. The van der Waals surface area contributed by atoms with Gasteiger partial charge >= 0.3 is 12.0 Å². The van der Waals surface area contributed by atoms with Crippen molar-refractivity contribution < 1.29 is 27.9 Å². The average Bonchev–Trinajstić information content (AvgIpc) is 2.94. The van der Waals surface area contributed by atoms with Crippen LogP contribution in [-0.4, -0.2) is 45.9 Å². The van der Waals surface area contributed by atoms with Crippen LogP contribution < -0.4 is 9.64 Å². The van der Waals surface area contributed by atoms with Crippen molar-refractivity contribution in [2.45, 2.75) is 12.3 Å². The molecular formula is C15H17F3N4O4. The van der Waals surface area contributed by atoms with Crippen LogP contribution in [0.5, 0.6) is 5.75 Å². The molecule has 26 heavy (non-hydrogen) atoms. The van der Waals surface area contributed by atoms with Crippen LogP contribution >= 0.6 is 0 Å². The summed E-state index contributed by atoms with van der Waals surface area (Å²) >= 11 is 0. The number of halogens is 3. The maximum atomic E-state index is 12.9. The number of benzene rings is 1. The van der Waals surface area contributed by atoms with Gasteiger partial charge in [0.25, 0.3) is 0 Å². The molecule has 0 aliphatic heterocycles. The van der Waals surface area contributed by atoms with Crippen LogP contribution in [0, 0.1) is 10.1 Å². The lowest BCUT2D eigenvalue weighted by Gasteiger charge is -2.22. The molecule has 0 aliphatic carbocycles. The van der Waals surface area contributed by atoms with Gasteiger partial charge < -0.3 is 24.9 Å². The van der Waals surface area contributed by atoms with Gasteiger partial charge in [0.05, 0.1) is 5.56 Å². The van der Waals surface area contributed by atoms with Gasteiger partial charge in [-0.1, -0.05) is 12.1 Å². The topological polar surface area (TPSA) is 93.7 Å². The van der Waals surface area contributed by atoms with Gasteiger partial charge in [0.15, 0.2) is 0 Å². The first kappa shape index (κ1) is 19.5. The van der Waals surface area contributed by atoms with E-state index >= 15 is 0 Å². The van der Waals surface area contributed by atoms with Gasteiger partial charge in [-0.3, -0.25) is 4.57 Å². The molecule has 0 fully saturated rings. The molecule has 2 aromatic rings. The third kappa shape index (κ3) is 4.42. The van der Waals surface area contributed by atoms with Gasteiger partial charge in [0.2, 0.25) is 12.1 Å². The number of nitrogens with zero attached hydrogens (tertiary/aromatic N) is 4. The fourth-order valence-electron chi connectivity index (χ4n) is 2.45. The number of hydrogen-bond donors (Lipinski definition) is 1. The Bertz CT molecular complexity index is 778. The van der Waals surface area contributed by atoms with E-state index in [1.165, 1.54) is 35.0 Å². The van der Waals surface area contributed by atoms with Crippen LogP contribution in [0.4, 0.5) is 24.8 Å². The highest BCUT2D eigenvalue weighted by Gasteiger charge is 2.34. The SMILES string of the molecule is CN(C[C@@H](O)COc1ccccc1C(F)(F)F)c1c([N+](=O)[O-])ncn1C. The molecule has 11 heteroatoms. The summed E-state index contributed by atoms with van der Waals surface area (Å²) in [6, 6.07) is 4.67. The second kappa shape index (κ2) is 7.60. The molecule has 0 aliphatic rings. The van der Waals surface area contributed by atoms with Gasteiger partial charge in [0.1, 0.15) is 18.5 Å². The smallest absolute Gasteiger partial charge is 0.419 e. The lowest BCUT2D eigenvalue weighted by atomic mass is 10.2. The summed E-state index contributed by atoms with van der Waals surface area (Å²) in [7, 11) is 3.05. The quantitative estimate of drug-likeness (QED) is 0.590. The van der Waals surface area contributed by atoms with Crippen molar-refractivity contribution in [1.82, 2.24) is 9.55 Å². The fraction of sp³-hybridized carbons (Fsp3) is 0.400. The van der Waals surface area contributed by atoms with Crippen molar-refractivity contribution in [3.63, 3.8) is 0 Å². The number of aliphatic hydroxyl groups excluding tert-OH is 1. The molecule has 0 spiro atoms. The molecule has 1 aromatic carbocycles. The van der Waals surface area contributed by atoms with Crippen molar-refractivity contribution in [3.05, 3.63) is 46.3 Å². The van der Waals surface area contributed by atoms with E-state index in [9.17, 15) is 28.4 Å². The molecule has 0 radical (unpaired) electrons. The molecule has 0 saturated heterocycles. The molecule has 1 aromatic heterocycles. The largest absolute Gasteiger partial charge is 0.490 e. The zero-order valence-corrected chi connectivity index (χ0v) is 14.0. The van der Waals surface area contributed by atoms with Gasteiger partial charge in [-0.2, -0.15) is 13.2 Å². The Kier molecular flexibility index (Phi) is 5.70. The third-order valence-electron chi connectivity index (χ3n) is 3.53. The van der Waals surface area contributed by atoms with Crippen molar-refractivity contribution in [2.75, 3.05) is 25.1 Å². The second-order valence-electron chi connectivity index (χ2n) is 5.60. The molecule has 0 bridgehead atoms. The van der Waals surface area contributed by atoms with Crippen molar-refractivity contribution in [2.24, 2.45) is 7.05 Å². The number of imidazole rings is 1. The van der Waals surface area contributed by atoms with Gasteiger partial charge in [-0.15, -0.1) is 0 Å². The molecule has 0 saturated carbocycles. The first-order valence-corrected chi connectivity index (χ1v) is 7.45. The Hall–Kier alpha value is -2.82. The van der Waals surface area contributed by atoms with Crippen LogP contribution in [0.2, 0.25) is 0 Å². The van der Waals surface area contributed by atoms with Crippen molar-refractivity contribution in [1.29, 1.82) is 0 Å². The summed E-state index contributed by atoms with van der Waals surface area (Å²) in [4.78, 5) is 15.4. The molecule has 8 nitrogen and oxygen atoms in total. The average molecular weight is 374 g/mol. The molecule has 142 valence electrons. The number of likely N-dealkylation sites (N-methyl/N-ethyl adjacent to an activating group) is 1. The normalized spacial score (nSPS) is 12.7.